The molecule has 1 fully saturated rings. The van der Waals surface area contributed by atoms with Crippen molar-refractivity contribution in [2.24, 2.45) is 5.92 Å². The SMILES string of the molecule is CC1CC1n1c(=O)[nH]c(Cl)c(-c2cccc(Br)c2)c1=O. The van der Waals surface area contributed by atoms with Gasteiger partial charge >= 0.3 is 5.69 Å². The van der Waals surface area contributed by atoms with Crippen LogP contribution in [0.25, 0.3) is 11.1 Å². The van der Waals surface area contributed by atoms with Gasteiger partial charge in [-0.05, 0) is 30.0 Å². The summed E-state index contributed by atoms with van der Waals surface area (Å²) in [6.07, 6.45) is 0.850. The lowest BCUT2D eigenvalue weighted by Crippen LogP contribution is -2.36. The molecule has 104 valence electrons. The summed E-state index contributed by atoms with van der Waals surface area (Å²) in [5.41, 5.74) is 0.263. The minimum atomic E-state index is -0.437. The van der Waals surface area contributed by atoms with Crippen molar-refractivity contribution in [2.75, 3.05) is 0 Å². The first-order valence-corrected chi connectivity index (χ1v) is 7.46. The highest BCUT2D eigenvalue weighted by atomic mass is 79.9. The van der Waals surface area contributed by atoms with Crippen molar-refractivity contribution >= 4 is 27.5 Å². The summed E-state index contributed by atoms with van der Waals surface area (Å²) in [5.74, 6) is 0.352. The third kappa shape index (κ3) is 2.25. The predicted octanol–water partition coefficient (Wildman–Crippen LogP) is 3.20. The average Bonchev–Trinajstić information content (AvgIpc) is 3.05. The van der Waals surface area contributed by atoms with Crippen LogP contribution in [0.4, 0.5) is 0 Å². The number of aromatic amines is 1. The molecule has 6 heteroatoms. The fourth-order valence-corrected chi connectivity index (χ4v) is 3.05. The molecule has 20 heavy (non-hydrogen) atoms. The van der Waals surface area contributed by atoms with Gasteiger partial charge in [-0.1, -0.05) is 46.6 Å². The average molecular weight is 356 g/mol. The number of rotatable bonds is 2. The summed E-state index contributed by atoms with van der Waals surface area (Å²) < 4.78 is 2.13. The highest BCUT2D eigenvalue weighted by molar-refractivity contribution is 9.10. The van der Waals surface area contributed by atoms with Crippen LogP contribution in [0.2, 0.25) is 5.15 Å². The molecular formula is C14H12BrClN2O2. The molecule has 1 heterocycles. The molecule has 0 saturated heterocycles. The van der Waals surface area contributed by atoms with E-state index >= 15 is 0 Å². The van der Waals surface area contributed by atoms with Gasteiger partial charge in [0.2, 0.25) is 0 Å². The topological polar surface area (TPSA) is 54.9 Å². The Morgan fingerprint density at radius 3 is 2.70 bits per heavy atom. The van der Waals surface area contributed by atoms with E-state index in [4.69, 9.17) is 11.6 Å². The van der Waals surface area contributed by atoms with Crippen LogP contribution in [-0.2, 0) is 0 Å². The second-order valence-electron chi connectivity index (χ2n) is 5.08. The Balaban J connectivity index is 2.26. The largest absolute Gasteiger partial charge is 0.329 e. The normalized spacial score (nSPS) is 20.9. The van der Waals surface area contributed by atoms with Gasteiger partial charge in [0, 0.05) is 10.5 Å². The molecule has 0 radical (unpaired) electrons. The lowest BCUT2D eigenvalue weighted by atomic mass is 10.1. The molecule has 2 atom stereocenters. The third-order valence-electron chi connectivity index (χ3n) is 3.60. The molecule has 1 aliphatic rings. The molecule has 3 rings (SSSR count). The van der Waals surface area contributed by atoms with Crippen molar-refractivity contribution in [1.82, 2.24) is 9.55 Å². The number of nitrogens with zero attached hydrogens (tertiary/aromatic N) is 1. The minimum Gasteiger partial charge on any atom is -0.297 e. The van der Waals surface area contributed by atoms with Gasteiger partial charge in [0.1, 0.15) is 5.15 Å². The van der Waals surface area contributed by atoms with E-state index in [2.05, 4.69) is 20.9 Å². The van der Waals surface area contributed by atoms with E-state index in [0.29, 0.717) is 17.0 Å². The zero-order valence-corrected chi connectivity index (χ0v) is 13.0. The number of hydrogen-bond donors (Lipinski definition) is 1. The molecule has 1 saturated carbocycles. The lowest BCUT2D eigenvalue weighted by molar-refractivity contribution is 0.619. The van der Waals surface area contributed by atoms with Crippen LogP contribution in [0.1, 0.15) is 19.4 Å². The lowest BCUT2D eigenvalue weighted by Gasteiger charge is -2.09. The zero-order chi connectivity index (χ0) is 14.4. The number of aromatic nitrogens is 2. The van der Waals surface area contributed by atoms with Crippen molar-refractivity contribution in [3.8, 4) is 11.1 Å². The van der Waals surface area contributed by atoms with Crippen LogP contribution in [0.5, 0.6) is 0 Å². The molecule has 0 bridgehead atoms. The van der Waals surface area contributed by atoms with Crippen LogP contribution in [0, 0.1) is 5.92 Å². The Morgan fingerprint density at radius 1 is 1.40 bits per heavy atom. The van der Waals surface area contributed by atoms with Crippen molar-refractivity contribution in [3.63, 3.8) is 0 Å². The quantitative estimate of drug-likeness (QED) is 0.841. The van der Waals surface area contributed by atoms with Crippen molar-refractivity contribution in [2.45, 2.75) is 19.4 Å². The first-order valence-electron chi connectivity index (χ1n) is 6.29. The van der Waals surface area contributed by atoms with E-state index in [1.807, 2.05) is 25.1 Å². The molecule has 1 aliphatic carbocycles. The number of hydrogen-bond acceptors (Lipinski definition) is 2. The summed E-state index contributed by atoms with van der Waals surface area (Å²) in [4.78, 5) is 27.1. The van der Waals surface area contributed by atoms with E-state index in [-0.39, 0.29) is 16.8 Å². The molecule has 0 spiro atoms. The molecule has 1 aromatic heterocycles. The predicted molar refractivity (Wildman–Crippen MR) is 82.3 cm³/mol. The summed E-state index contributed by atoms with van der Waals surface area (Å²) in [5, 5.41) is 0.0858. The summed E-state index contributed by atoms with van der Waals surface area (Å²) in [6, 6.07) is 7.28. The molecule has 1 aromatic carbocycles. The van der Waals surface area contributed by atoms with Crippen molar-refractivity contribution < 1.29 is 0 Å². The number of halogens is 2. The fourth-order valence-electron chi connectivity index (χ4n) is 2.38. The number of benzene rings is 1. The molecular weight excluding hydrogens is 344 g/mol. The Labute approximate surface area is 128 Å². The third-order valence-corrected chi connectivity index (χ3v) is 4.38. The van der Waals surface area contributed by atoms with E-state index < -0.39 is 5.69 Å². The highest BCUT2D eigenvalue weighted by Crippen LogP contribution is 2.41. The molecule has 0 aliphatic heterocycles. The molecule has 2 aromatic rings. The van der Waals surface area contributed by atoms with Gasteiger partial charge in [0.25, 0.3) is 5.56 Å². The first kappa shape index (κ1) is 13.6. The van der Waals surface area contributed by atoms with Crippen LogP contribution in [-0.4, -0.2) is 9.55 Å². The maximum Gasteiger partial charge on any atom is 0.329 e. The standard InChI is InChI=1S/C14H12BrClN2O2/c1-7-5-10(7)18-13(19)11(12(16)17-14(18)20)8-3-2-4-9(15)6-8/h2-4,6-7,10H,5H2,1H3,(H,17,20). The van der Waals surface area contributed by atoms with Gasteiger partial charge in [-0.25, -0.2) is 4.79 Å². The monoisotopic (exact) mass is 354 g/mol. The Kier molecular flexibility index (Phi) is 3.34. The van der Waals surface area contributed by atoms with Crippen LogP contribution in [0.15, 0.2) is 38.3 Å². The maximum absolute atomic E-state index is 12.6. The van der Waals surface area contributed by atoms with E-state index in [1.165, 1.54) is 4.57 Å². The van der Waals surface area contributed by atoms with Crippen molar-refractivity contribution in [1.29, 1.82) is 0 Å². The minimum absolute atomic E-state index is 0.0191. The molecule has 2 unspecified atom stereocenters. The summed E-state index contributed by atoms with van der Waals surface area (Å²) in [6.45, 7) is 2.02. The Bertz CT molecular complexity index is 796. The summed E-state index contributed by atoms with van der Waals surface area (Å²) >= 11 is 9.44. The van der Waals surface area contributed by atoms with Crippen LogP contribution >= 0.6 is 27.5 Å². The van der Waals surface area contributed by atoms with Gasteiger partial charge in [-0.3, -0.25) is 14.3 Å². The van der Waals surface area contributed by atoms with Gasteiger partial charge in [-0.15, -0.1) is 0 Å². The van der Waals surface area contributed by atoms with Crippen LogP contribution < -0.4 is 11.2 Å². The van der Waals surface area contributed by atoms with E-state index in [1.54, 1.807) is 6.07 Å². The van der Waals surface area contributed by atoms with Gasteiger partial charge < -0.3 is 0 Å². The van der Waals surface area contributed by atoms with Gasteiger partial charge in [0.05, 0.1) is 5.56 Å². The number of H-pyrrole nitrogens is 1. The Morgan fingerprint density at radius 2 is 2.10 bits per heavy atom. The highest BCUT2D eigenvalue weighted by Gasteiger charge is 2.37. The Hall–Kier alpha value is -1.33. The zero-order valence-electron chi connectivity index (χ0n) is 10.7. The fraction of sp³-hybridized carbons (Fsp3) is 0.286. The second kappa shape index (κ2) is 4.90. The van der Waals surface area contributed by atoms with Crippen LogP contribution in [0.3, 0.4) is 0 Å². The van der Waals surface area contributed by atoms with E-state index in [9.17, 15) is 9.59 Å². The molecule has 0 amide bonds. The number of nitrogens with one attached hydrogen (secondary N) is 1. The summed E-state index contributed by atoms with van der Waals surface area (Å²) in [7, 11) is 0. The van der Waals surface area contributed by atoms with Crippen molar-refractivity contribution in [3.05, 3.63) is 54.7 Å². The first-order chi connectivity index (χ1) is 9.49. The smallest absolute Gasteiger partial charge is 0.297 e. The second-order valence-corrected chi connectivity index (χ2v) is 6.38. The maximum atomic E-state index is 12.6. The van der Waals surface area contributed by atoms with Gasteiger partial charge in [0.15, 0.2) is 0 Å². The molecule has 4 nitrogen and oxygen atoms in total. The van der Waals surface area contributed by atoms with E-state index in [0.717, 1.165) is 10.9 Å². The molecule has 1 N–H and O–H groups in total. The van der Waals surface area contributed by atoms with Gasteiger partial charge in [-0.2, -0.15) is 0 Å².